The summed E-state index contributed by atoms with van der Waals surface area (Å²) in [6, 6.07) is 15.6. The molecule has 0 spiro atoms. The van der Waals surface area contributed by atoms with Gasteiger partial charge in [0.1, 0.15) is 12.1 Å². The second-order valence-electron chi connectivity index (χ2n) is 8.12. The summed E-state index contributed by atoms with van der Waals surface area (Å²) in [5.41, 5.74) is 1.95. The molecular formula is C26H25FN4O2. The molecule has 0 aliphatic carbocycles. The van der Waals surface area contributed by atoms with Crippen LogP contribution in [0.5, 0.6) is 0 Å². The first-order valence-corrected chi connectivity index (χ1v) is 10.6. The molecule has 33 heavy (non-hydrogen) atoms. The third kappa shape index (κ3) is 6.09. The molecule has 6 nitrogen and oxygen atoms in total. The van der Waals surface area contributed by atoms with E-state index in [1.165, 1.54) is 6.07 Å². The standard InChI is InChI=1S/C26H25FN4O2/c1-17(2)14-30-25(19-7-5-9-29-15-19)24(23-8-4-3-6-20(23)16-32)26(33)31-22-11-18(13-28)10-21(27)12-22/h3-12,15-17,24-25,30H,14H2,1-2H3,(H,31,33). The van der Waals surface area contributed by atoms with E-state index in [0.717, 1.165) is 17.7 Å². The summed E-state index contributed by atoms with van der Waals surface area (Å²) in [6.07, 6.45) is 4.04. The zero-order valence-electron chi connectivity index (χ0n) is 18.5. The number of aldehydes is 1. The summed E-state index contributed by atoms with van der Waals surface area (Å²) in [5, 5.41) is 15.3. The number of anilines is 1. The second-order valence-corrected chi connectivity index (χ2v) is 8.12. The lowest BCUT2D eigenvalue weighted by molar-refractivity contribution is -0.118. The highest BCUT2D eigenvalue weighted by Crippen LogP contribution is 2.34. The van der Waals surface area contributed by atoms with Gasteiger partial charge >= 0.3 is 0 Å². The Kier molecular flexibility index (Phi) is 8.01. The van der Waals surface area contributed by atoms with Crippen molar-refractivity contribution in [1.82, 2.24) is 10.3 Å². The number of benzene rings is 2. The van der Waals surface area contributed by atoms with Crippen LogP contribution in [0, 0.1) is 23.1 Å². The Morgan fingerprint density at radius 3 is 2.64 bits per heavy atom. The molecule has 1 heterocycles. The van der Waals surface area contributed by atoms with Gasteiger partial charge in [-0.05, 0) is 47.9 Å². The molecule has 2 aromatic carbocycles. The van der Waals surface area contributed by atoms with Gasteiger partial charge in [0.15, 0.2) is 0 Å². The van der Waals surface area contributed by atoms with E-state index >= 15 is 0 Å². The molecule has 3 rings (SSSR count). The monoisotopic (exact) mass is 444 g/mol. The minimum atomic E-state index is -0.830. The molecule has 2 unspecified atom stereocenters. The third-order valence-electron chi connectivity index (χ3n) is 5.16. The first-order valence-electron chi connectivity index (χ1n) is 10.6. The van der Waals surface area contributed by atoms with E-state index in [2.05, 4.69) is 29.5 Å². The maximum atomic E-state index is 14.0. The minimum absolute atomic E-state index is 0.0943. The number of pyridine rings is 1. The molecule has 3 aromatic rings. The Bertz CT molecular complexity index is 1160. The number of aromatic nitrogens is 1. The second kappa shape index (κ2) is 11.1. The molecule has 168 valence electrons. The Morgan fingerprint density at radius 2 is 1.97 bits per heavy atom. The van der Waals surface area contributed by atoms with E-state index in [1.807, 2.05) is 12.1 Å². The third-order valence-corrected chi connectivity index (χ3v) is 5.16. The van der Waals surface area contributed by atoms with Crippen LogP contribution >= 0.6 is 0 Å². The Hall–Kier alpha value is -3.89. The van der Waals surface area contributed by atoms with Gasteiger partial charge in [-0.25, -0.2) is 4.39 Å². The quantitative estimate of drug-likeness (QED) is 0.470. The largest absolute Gasteiger partial charge is 0.325 e. The van der Waals surface area contributed by atoms with Crippen molar-refractivity contribution in [3.63, 3.8) is 0 Å². The van der Waals surface area contributed by atoms with Crippen molar-refractivity contribution in [1.29, 1.82) is 5.26 Å². The molecular weight excluding hydrogens is 419 g/mol. The number of nitrogens with one attached hydrogen (secondary N) is 2. The summed E-state index contributed by atoms with van der Waals surface area (Å²) < 4.78 is 14.0. The number of hydrogen-bond acceptors (Lipinski definition) is 5. The van der Waals surface area contributed by atoms with Gasteiger partial charge in [0.2, 0.25) is 5.91 Å². The fourth-order valence-corrected chi connectivity index (χ4v) is 3.67. The highest BCUT2D eigenvalue weighted by molar-refractivity contribution is 5.98. The van der Waals surface area contributed by atoms with Gasteiger partial charge < -0.3 is 10.6 Å². The fourth-order valence-electron chi connectivity index (χ4n) is 3.67. The zero-order chi connectivity index (χ0) is 23.8. The summed E-state index contributed by atoms with van der Waals surface area (Å²) in [4.78, 5) is 29.7. The van der Waals surface area contributed by atoms with Crippen molar-refractivity contribution >= 4 is 17.9 Å². The number of carbonyl (C=O) groups excluding carboxylic acids is 2. The van der Waals surface area contributed by atoms with E-state index in [4.69, 9.17) is 5.26 Å². The van der Waals surface area contributed by atoms with Crippen molar-refractivity contribution in [3.05, 3.63) is 95.1 Å². The zero-order valence-corrected chi connectivity index (χ0v) is 18.5. The number of carbonyl (C=O) groups is 2. The van der Waals surface area contributed by atoms with E-state index in [9.17, 15) is 14.0 Å². The predicted molar refractivity (Wildman–Crippen MR) is 124 cm³/mol. The molecule has 2 N–H and O–H groups in total. The van der Waals surface area contributed by atoms with Crippen molar-refractivity contribution in [3.8, 4) is 6.07 Å². The van der Waals surface area contributed by atoms with Crippen LogP contribution in [0.3, 0.4) is 0 Å². The molecule has 2 atom stereocenters. The Morgan fingerprint density at radius 1 is 1.18 bits per heavy atom. The smallest absolute Gasteiger partial charge is 0.233 e. The molecule has 0 radical (unpaired) electrons. The van der Waals surface area contributed by atoms with Gasteiger partial charge in [-0.3, -0.25) is 14.6 Å². The van der Waals surface area contributed by atoms with Gasteiger partial charge in [-0.1, -0.05) is 44.2 Å². The summed E-state index contributed by atoms with van der Waals surface area (Å²) >= 11 is 0. The van der Waals surface area contributed by atoms with Crippen LogP contribution in [-0.4, -0.2) is 23.7 Å². The van der Waals surface area contributed by atoms with Crippen LogP contribution in [0.4, 0.5) is 10.1 Å². The van der Waals surface area contributed by atoms with E-state index in [0.29, 0.717) is 29.9 Å². The average molecular weight is 445 g/mol. The van der Waals surface area contributed by atoms with Gasteiger partial charge in [-0.15, -0.1) is 0 Å². The Balaban J connectivity index is 2.10. The summed E-state index contributed by atoms with van der Waals surface area (Å²) in [7, 11) is 0. The maximum absolute atomic E-state index is 14.0. The molecule has 0 bridgehead atoms. The topological polar surface area (TPSA) is 94.9 Å². The van der Waals surface area contributed by atoms with E-state index < -0.39 is 23.7 Å². The van der Waals surface area contributed by atoms with Crippen LogP contribution in [0.25, 0.3) is 0 Å². The highest BCUT2D eigenvalue weighted by Gasteiger charge is 2.33. The number of rotatable bonds is 9. The fraction of sp³-hybridized carbons (Fsp3) is 0.231. The molecule has 1 aromatic heterocycles. The van der Waals surface area contributed by atoms with Crippen LogP contribution in [-0.2, 0) is 4.79 Å². The molecule has 0 saturated heterocycles. The minimum Gasteiger partial charge on any atom is -0.325 e. The van der Waals surface area contributed by atoms with Crippen molar-refractivity contribution < 1.29 is 14.0 Å². The molecule has 0 fully saturated rings. The molecule has 0 saturated carbocycles. The van der Waals surface area contributed by atoms with Gasteiger partial charge in [0.25, 0.3) is 0 Å². The normalized spacial score (nSPS) is 12.6. The number of halogens is 1. The maximum Gasteiger partial charge on any atom is 0.233 e. The molecule has 0 aliphatic rings. The molecule has 7 heteroatoms. The Labute approximate surface area is 192 Å². The van der Waals surface area contributed by atoms with Crippen molar-refractivity contribution in [2.24, 2.45) is 5.92 Å². The van der Waals surface area contributed by atoms with Crippen molar-refractivity contribution in [2.45, 2.75) is 25.8 Å². The lowest BCUT2D eigenvalue weighted by Crippen LogP contribution is -2.36. The van der Waals surface area contributed by atoms with E-state index in [-0.39, 0.29) is 11.3 Å². The van der Waals surface area contributed by atoms with E-state index in [1.54, 1.807) is 42.7 Å². The van der Waals surface area contributed by atoms with Gasteiger partial charge in [-0.2, -0.15) is 5.26 Å². The SMILES string of the molecule is CC(C)CNC(c1cccnc1)C(C(=O)Nc1cc(F)cc(C#N)c1)c1ccccc1C=O. The van der Waals surface area contributed by atoms with Gasteiger partial charge in [0.05, 0.1) is 17.6 Å². The lowest BCUT2D eigenvalue weighted by Gasteiger charge is -2.29. The number of hydrogen-bond donors (Lipinski definition) is 2. The lowest BCUT2D eigenvalue weighted by atomic mass is 9.84. The van der Waals surface area contributed by atoms with Crippen LogP contribution in [0.2, 0.25) is 0 Å². The number of nitrogens with zero attached hydrogens (tertiary/aromatic N) is 2. The number of amides is 1. The summed E-state index contributed by atoms with van der Waals surface area (Å²) in [6.45, 7) is 4.72. The van der Waals surface area contributed by atoms with Crippen LogP contribution in [0.15, 0.2) is 67.0 Å². The highest BCUT2D eigenvalue weighted by atomic mass is 19.1. The molecule has 0 aliphatic heterocycles. The van der Waals surface area contributed by atoms with Crippen LogP contribution in [0.1, 0.15) is 52.9 Å². The number of nitriles is 1. The van der Waals surface area contributed by atoms with Crippen molar-refractivity contribution in [2.75, 3.05) is 11.9 Å². The van der Waals surface area contributed by atoms with Gasteiger partial charge in [0, 0.05) is 29.7 Å². The van der Waals surface area contributed by atoms with Crippen LogP contribution < -0.4 is 10.6 Å². The molecule has 1 amide bonds. The first kappa shape index (κ1) is 23.8. The summed E-state index contributed by atoms with van der Waals surface area (Å²) in [5.74, 6) is -1.60. The predicted octanol–water partition coefficient (Wildman–Crippen LogP) is 4.61. The average Bonchev–Trinajstić information content (AvgIpc) is 2.81. The first-order chi connectivity index (χ1) is 15.9.